The van der Waals surface area contributed by atoms with E-state index in [1.807, 2.05) is 56.4 Å². The Kier molecular flexibility index (Phi) is 12.3. The maximum Gasteiger partial charge on any atom is 0.303 e. The van der Waals surface area contributed by atoms with Crippen LogP contribution in [0.15, 0.2) is 119 Å². The summed E-state index contributed by atoms with van der Waals surface area (Å²) in [4.78, 5) is 11.9. The van der Waals surface area contributed by atoms with Gasteiger partial charge in [-0.15, -0.1) is 0 Å². The topological polar surface area (TPSA) is 159 Å². The molecule has 0 radical (unpaired) electrons. The summed E-state index contributed by atoms with van der Waals surface area (Å²) >= 11 is 0. The van der Waals surface area contributed by atoms with Crippen molar-refractivity contribution in [3.05, 3.63) is 126 Å². The average Bonchev–Trinajstić information content (AvgIpc) is 3.33. The van der Waals surface area contributed by atoms with Gasteiger partial charge in [-0.05, 0) is 88.9 Å². The van der Waals surface area contributed by atoms with Gasteiger partial charge in [0.05, 0.1) is 4.90 Å². The molecule has 4 aromatic rings. The number of aryl methyl sites for hydroxylation is 1. The normalized spacial score (nSPS) is 16.4. The molecular weight excluding hydrogens is 739 g/mol. The van der Waals surface area contributed by atoms with Crippen LogP contribution < -0.4 is 4.90 Å². The standard InChI is InChI=1S/C43H49NO9S2/c1-29-20-21-31-16-12-13-17-33(31)40(29)43(5,24-26-53-6)30(2)15-9-7-10-18-38-42(3,4)41-35-27-32(54(47,48)49)28-37(55(50,51)52)34(35)22-23-36(41)44(38)25-14-8-11-19-39(45)46/h7,9-10,12-13,15-18,20-23,27-28H,2,8,11,14,19,24-26H2,1,3-6H3,(H,45,46)(H,47,48,49)(H,50,51,52)/b10-7+,15-9+,38-18+. The summed E-state index contributed by atoms with van der Waals surface area (Å²) in [5, 5.41) is 11.8. The number of ether oxygens (including phenoxy) is 1. The second-order valence-electron chi connectivity index (χ2n) is 14.8. The van der Waals surface area contributed by atoms with Crippen LogP contribution in [0.1, 0.15) is 69.6 Å². The number of benzene rings is 4. The summed E-state index contributed by atoms with van der Waals surface area (Å²) in [5.41, 5.74) is 4.19. The molecule has 10 nitrogen and oxygen atoms in total. The van der Waals surface area contributed by atoms with E-state index in [4.69, 9.17) is 9.84 Å². The Bertz CT molecular complexity index is 2460. The number of carboxylic acids is 1. The van der Waals surface area contributed by atoms with Gasteiger partial charge in [0, 0.05) is 54.3 Å². The minimum Gasteiger partial charge on any atom is -0.481 e. The smallest absolute Gasteiger partial charge is 0.303 e. The fraction of sp³-hybridized carbons (Fsp3) is 0.326. The third-order valence-corrected chi connectivity index (χ3v) is 12.4. The second-order valence-corrected chi connectivity index (χ2v) is 17.6. The third kappa shape index (κ3) is 8.63. The molecule has 0 spiro atoms. The lowest BCUT2D eigenvalue weighted by molar-refractivity contribution is -0.137. The Hall–Kier alpha value is -4.59. The van der Waals surface area contributed by atoms with Crippen LogP contribution in [0, 0.1) is 6.92 Å². The van der Waals surface area contributed by atoms with Gasteiger partial charge in [-0.2, -0.15) is 16.8 Å². The van der Waals surface area contributed by atoms with Crippen LogP contribution in [-0.2, 0) is 40.6 Å². The molecule has 3 N–H and O–H groups in total. The first-order valence-corrected chi connectivity index (χ1v) is 21.0. The Balaban J connectivity index is 1.56. The number of hydrogen-bond acceptors (Lipinski definition) is 7. The number of allylic oxidation sites excluding steroid dienone is 7. The molecule has 12 heteroatoms. The van der Waals surface area contributed by atoms with Crippen molar-refractivity contribution in [3.8, 4) is 0 Å². The first-order valence-electron chi connectivity index (χ1n) is 18.1. The number of carbonyl (C=O) groups is 1. The minimum atomic E-state index is -4.88. The number of nitrogens with zero attached hydrogens (tertiary/aromatic N) is 1. The Morgan fingerprint density at radius 1 is 0.909 bits per heavy atom. The number of carboxylic acid groups (broad SMARTS) is 1. The fourth-order valence-electron chi connectivity index (χ4n) is 7.90. The zero-order valence-corrected chi connectivity index (χ0v) is 33.5. The van der Waals surface area contributed by atoms with Gasteiger partial charge in [0.25, 0.3) is 20.2 Å². The maximum absolute atomic E-state index is 12.5. The lowest BCUT2D eigenvalue weighted by Gasteiger charge is -2.34. The summed E-state index contributed by atoms with van der Waals surface area (Å²) in [7, 11) is -8.04. The molecule has 292 valence electrons. The molecule has 1 aliphatic heterocycles. The van der Waals surface area contributed by atoms with Crippen molar-refractivity contribution in [2.45, 2.75) is 80.4 Å². The summed E-state index contributed by atoms with van der Waals surface area (Å²) < 4.78 is 75.1. The molecular formula is C43H49NO9S2. The molecule has 0 aliphatic carbocycles. The molecule has 0 amide bonds. The highest BCUT2D eigenvalue weighted by Gasteiger charge is 2.42. The highest BCUT2D eigenvalue weighted by atomic mass is 32.2. The van der Waals surface area contributed by atoms with Crippen LogP contribution in [-0.4, -0.2) is 57.3 Å². The summed E-state index contributed by atoms with van der Waals surface area (Å²) in [6.07, 6.45) is 12.3. The molecule has 0 aromatic heterocycles. The zero-order valence-electron chi connectivity index (χ0n) is 31.9. The van der Waals surface area contributed by atoms with Gasteiger partial charge in [0.15, 0.2) is 0 Å². The zero-order chi connectivity index (χ0) is 40.3. The molecule has 0 saturated heterocycles. The van der Waals surface area contributed by atoms with Crippen LogP contribution in [0.25, 0.3) is 21.5 Å². The molecule has 55 heavy (non-hydrogen) atoms. The van der Waals surface area contributed by atoms with Gasteiger partial charge in [-0.3, -0.25) is 13.9 Å². The SMILES string of the molecule is C=C(/C=C/C=C/C=C1/N(CCCCCC(=O)O)c2ccc3c(S(=O)(=O)O)cc(S(=O)(=O)O)cc3c2C1(C)C)C(C)(CCOC)c1c(C)ccc2ccccc12. The Labute approximate surface area is 324 Å². The number of anilines is 1. The van der Waals surface area contributed by atoms with Gasteiger partial charge >= 0.3 is 5.97 Å². The molecule has 0 bridgehead atoms. The van der Waals surface area contributed by atoms with Crippen molar-refractivity contribution in [2.75, 3.05) is 25.2 Å². The quantitative estimate of drug-likeness (QED) is 0.0568. The Morgan fingerprint density at radius 2 is 1.64 bits per heavy atom. The van der Waals surface area contributed by atoms with E-state index in [1.165, 1.54) is 23.1 Å². The van der Waals surface area contributed by atoms with Crippen LogP contribution in [0.5, 0.6) is 0 Å². The van der Waals surface area contributed by atoms with Crippen LogP contribution in [0.3, 0.4) is 0 Å². The summed E-state index contributed by atoms with van der Waals surface area (Å²) in [6.45, 7) is 13.7. The van der Waals surface area contributed by atoms with E-state index < -0.39 is 46.8 Å². The molecule has 0 fully saturated rings. The molecule has 1 heterocycles. The number of aliphatic carboxylic acids is 1. The highest BCUT2D eigenvalue weighted by molar-refractivity contribution is 7.86. The predicted molar refractivity (Wildman–Crippen MR) is 218 cm³/mol. The molecule has 1 atom stereocenters. The summed E-state index contributed by atoms with van der Waals surface area (Å²) in [6, 6.07) is 17.8. The second kappa shape index (κ2) is 16.3. The lowest BCUT2D eigenvalue weighted by atomic mass is 9.70. The predicted octanol–water partition coefficient (Wildman–Crippen LogP) is 9.08. The van der Waals surface area contributed by atoms with Crippen molar-refractivity contribution in [1.29, 1.82) is 0 Å². The van der Waals surface area contributed by atoms with E-state index in [0.717, 1.165) is 34.7 Å². The number of rotatable bonds is 16. The minimum absolute atomic E-state index is 0.0528. The first-order chi connectivity index (χ1) is 25.8. The van der Waals surface area contributed by atoms with Crippen molar-refractivity contribution in [3.63, 3.8) is 0 Å². The van der Waals surface area contributed by atoms with E-state index in [-0.39, 0.29) is 17.2 Å². The van der Waals surface area contributed by atoms with Crippen molar-refractivity contribution < 1.29 is 40.6 Å². The summed E-state index contributed by atoms with van der Waals surface area (Å²) in [5.74, 6) is -0.865. The van der Waals surface area contributed by atoms with E-state index >= 15 is 0 Å². The fourth-order valence-corrected chi connectivity index (χ4v) is 9.24. The van der Waals surface area contributed by atoms with Gasteiger partial charge in [0.1, 0.15) is 4.90 Å². The van der Waals surface area contributed by atoms with E-state index in [9.17, 15) is 30.7 Å². The van der Waals surface area contributed by atoms with Gasteiger partial charge in [0.2, 0.25) is 0 Å². The van der Waals surface area contributed by atoms with Crippen LogP contribution in [0.2, 0.25) is 0 Å². The maximum atomic E-state index is 12.5. The molecule has 1 aliphatic rings. The third-order valence-electron chi connectivity index (χ3n) is 10.7. The van der Waals surface area contributed by atoms with Crippen molar-refractivity contribution in [2.24, 2.45) is 0 Å². The van der Waals surface area contributed by atoms with Crippen LogP contribution >= 0.6 is 0 Å². The van der Waals surface area contributed by atoms with Crippen LogP contribution in [0.4, 0.5) is 5.69 Å². The number of unbranched alkanes of at least 4 members (excludes halogenated alkanes) is 2. The van der Waals surface area contributed by atoms with Crippen molar-refractivity contribution >= 4 is 53.4 Å². The number of methoxy groups -OCH3 is 1. The number of hydrogen-bond donors (Lipinski definition) is 3. The van der Waals surface area contributed by atoms with Gasteiger partial charge in [-0.1, -0.05) is 101 Å². The average molecular weight is 788 g/mol. The molecule has 5 rings (SSSR count). The number of fused-ring (bicyclic) bond motifs is 4. The van der Waals surface area contributed by atoms with Gasteiger partial charge < -0.3 is 14.7 Å². The van der Waals surface area contributed by atoms with Crippen molar-refractivity contribution in [1.82, 2.24) is 0 Å². The molecule has 0 saturated carbocycles. The van der Waals surface area contributed by atoms with E-state index in [2.05, 4.69) is 49.6 Å². The van der Waals surface area contributed by atoms with E-state index in [1.54, 1.807) is 13.2 Å². The molecule has 1 unspecified atom stereocenters. The molecule has 4 aromatic carbocycles. The largest absolute Gasteiger partial charge is 0.481 e. The Morgan fingerprint density at radius 3 is 2.31 bits per heavy atom. The van der Waals surface area contributed by atoms with Gasteiger partial charge in [-0.25, -0.2) is 0 Å². The van der Waals surface area contributed by atoms with E-state index in [0.29, 0.717) is 43.7 Å². The lowest BCUT2D eigenvalue weighted by Crippen LogP contribution is -2.27. The highest BCUT2D eigenvalue weighted by Crippen LogP contribution is 2.52. The monoisotopic (exact) mass is 787 g/mol. The first kappa shape index (κ1) is 41.6.